The summed E-state index contributed by atoms with van der Waals surface area (Å²) in [6.45, 7) is 6.91. The number of hydrogen-bond donors (Lipinski definition) is 1. The quantitative estimate of drug-likeness (QED) is 0.485. The normalized spacial score (nSPS) is 10.7. The molecule has 0 saturated heterocycles. The van der Waals surface area contributed by atoms with E-state index in [0.29, 0.717) is 29.5 Å². The fourth-order valence-electron chi connectivity index (χ4n) is 3.14. The number of benzene rings is 3. The van der Waals surface area contributed by atoms with Crippen molar-refractivity contribution in [1.82, 2.24) is 0 Å². The van der Waals surface area contributed by atoms with E-state index in [0.717, 1.165) is 16.9 Å². The van der Waals surface area contributed by atoms with Crippen LogP contribution in [0.5, 0.6) is 11.5 Å². The molecule has 0 aliphatic rings. The third-order valence-corrected chi connectivity index (χ3v) is 4.63. The molecular weight excluding hydrogens is 381 g/mol. The molecule has 0 aliphatic heterocycles. The van der Waals surface area contributed by atoms with Crippen molar-refractivity contribution in [3.8, 4) is 11.5 Å². The van der Waals surface area contributed by atoms with Gasteiger partial charge >= 0.3 is 0 Å². The molecule has 4 nitrogen and oxygen atoms in total. The van der Waals surface area contributed by atoms with Gasteiger partial charge in [0.25, 0.3) is 5.91 Å². The van der Waals surface area contributed by atoms with Gasteiger partial charge < -0.3 is 14.8 Å². The van der Waals surface area contributed by atoms with Crippen LogP contribution in [-0.2, 0) is 6.61 Å². The van der Waals surface area contributed by atoms with Crippen molar-refractivity contribution in [2.75, 3.05) is 11.9 Å². The largest absolute Gasteiger partial charge is 0.493 e. The minimum absolute atomic E-state index is 0.264. The van der Waals surface area contributed by atoms with Crippen molar-refractivity contribution in [1.29, 1.82) is 0 Å². The van der Waals surface area contributed by atoms with Crippen LogP contribution < -0.4 is 14.8 Å². The molecule has 3 aromatic carbocycles. The SMILES string of the molecule is CCOc1ccc(C(=O)Nc2cccc(F)c2)cc1COc1ccccc1C(C)C. The predicted molar refractivity (Wildman–Crippen MR) is 117 cm³/mol. The summed E-state index contributed by atoms with van der Waals surface area (Å²) in [6.07, 6.45) is 0. The molecule has 1 amide bonds. The molecule has 156 valence electrons. The third-order valence-electron chi connectivity index (χ3n) is 4.63. The second kappa shape index (κ2) is 9.92. The fraction of sp³-hybridized carbons (Fsp3) is 0.240. The number of hydrogen-bond acceptors (Lipinski definition) is 3. The van der Waals surface area contributed by atoms with Crippen LogP contribution in [0.4, 0.5) is 10.1 Å². The van der Waals surface area contributed by atoms with Gasteiger partial charge in [-0.15, -0.1) is 0 Å². The number of nitrogens with one attached hydrogen (secondary N) is 1. The number of carbonyl (C=O) groups is 1. The highest BCUT2D eigenvalue weighted by molar-refractivity contribution is 6.04. The smallest absolute Gasteiger partial charge is 0.255 e. The van der Waals surface area contributed by atoms with Gasteiger partial charge in [0.05, 0.1) is 6.61 Å². The second-order valence-corrected chi connectivity index (χ2v) is 7.20. The second-order valence-electron chi connectivity index (χ2n) is 7.20. The number of anilines is 1. The Morgan fingerprint density at radius 1 is 0.967 bits per heavy atom. The number of carbonyl (C=O) groups excluding carboxylic acids is 1. The van der Waals surface area contributed by atoms with Crippen molar-refractivity contribution in [2.24, 2.45) is 0 Å². The van der Waals surface area contributed by atoms with Gasteiger partial charge in [0.2, 0.25) is 0 Å². The van der Waals surface area contributed by atoms with Gasteiger partial charge in [0.1, 0.15) is 23.9 Å². The summed E-state index contributed by atoms with van der Waals surface area (Å²) in [5, 5.41) is 2.71. The highest BCUT2D eigenvalue weighted by Gasteiger charge is 2.13. The third kappa shape index (κ3) is 5.38. The first-order valence-corrected chi connectivity index (χ1v) is 10.0. The highest BCUT2D eigenvalue weighted by atomic mass is 19.1. The lowest BCUT2D eigenvalue weighted by Crippen LogP contribution is -2.13. The summed E-state index contributed by atoms with van der Waals surface area (Å²) in [6, 6.07) is 18.9. The molecule has 5 heteroatoms. The van der Waals surface area contributed by atoms with E-state index in [2.05, 4.69) is 19.2 Å². The highest BCUT2D eigenvalue weighted by Crippen LogP contribution is 2.28. The Balaban J connectivity index is 1.81. The molecule has 0 unspecified atom stereocenters. The summed E-state index contributed by atoms with van der Waals surface area (Å²) in [7, 11) is 0. The molecule has 0 saturated carbocycles. The summed E-state index contributed by atoms with van der Waals surface area (Å²) in [4.78, 5) is 12.6. The molecule has 0 bridgehead atoms. The summed E-state index contributed by atoms with van der Waals surface area (Å²) in [5.41, 5.74) is 2.73. The Kier molecular flexibility index (Phi) is 7.07. The zero-order valence-electron chi connectivity index (χ0n) is 17.4. The number of para-hydroxylation sites is 1. The van der Waals surface area contributed by atoms with Gasteiger partial charge in [-0.3, -0.25) is 4.79 Å². The maximum Gasteiger partial charge on any atom is 0.255 e. The first-order valence-electron chi connectivity index (χ1n) is 10.0. The predicted octanol–water partition coefficient (Wildman–Crippen LogP) is 6.18. The Morgan fingerprint density at radius 3 is 2.50 bits per heavy atom. The molecule has 3 rings (SSSR count). The van der Waals surface area contributed by atoms with Crippen LogP contribution in [0.2, 0.25) is 0 Å². The lowest BCUT2D eigenvalue weighted by Gasteiger charge is -2.16. The molecule has 0 spiro atoms. The minimum atomic E-state index is -0.405. The van der Waals surface area contributed by atoms with Crippen LogP contribution in [0.3, 0.4) is 0 Å². The summed E-state index contributed by atoms with van der Waals surface area (Å²) < 4.78 is 25.2. The zero-order chi connectivity index (χ0) is 21.5. The maximum atomic E-state index is 13.4. The van der Waals surface area contributed by atoms with Crippen LogP contribution >= 0.6 is 0 Å². The molecule has 0 fully saturated rings. The van der Waals surface area contributed by atoms with Crippen LogP contribution in [0, 0.1) is 5.82 Å². The van der Waals surface area contributed by atoms with Crippen molar-refractivity contribution < 1.29 is 18.7 Å². The molecule has 0 aromatic heterocycles. The average Bonchev–Trinajstić information content (AvgIpc) is 2.73. The monoisotopic (exact) mass is 407 g/mol. The van der Waals surface area contributed by atoms with Gasteiger partial charge in [-0.25, -0.2) is 4.39 Å². The standard InChI is InChI=1S/C25H26FNO3/c1-4-29-23-13-12-18(25(28)27-21-9-7-8-20(26)15-21)14-19(23)16-30-24-11-6-5-10-22(24)17(2)3/h5-15,17H,4,16H2,1-3H3,(H,27,28). The minimum Gasteiger partial charge on any atom is -0.493 e. The van der Waals surface area contributed by atoms with Crippen LogP contribution in [0.25, 0.3) is 0 Å². The average molecular weight is 407 g/mol. The topological polar surface area (TPSA) is 47.6 Å². The van der Waals surface area contributed by atoms with E-state index in [1.165, 1.54) is 12.1 Å². The maximum absolute atomic E-state index is 13.4. The zero-order valence-corrected chi connectivity index (χ0v) is 17.4. The molecule has 3 aromatic rings. The van der Waals surface area contributed by atoms with E-state index >= 15 is 0 Å². The van der Waals surface area contributed by atoms with Gasteiger partial charge in [-0.05, 0) is 60.9 Å². The van der Waals surface area contributed by atoms with Crippen molar-refractivity contribution in [3.63, 3.8) is 0 Å². The summed E-state index contributed by atoms with van der Waals surface area (Å²) >= 11 is 0. The van der Waals surface area contributed by atoms with E-state index in [1.807, 2.05) is 31.2 Å². The number of amides is 1. The number of rotatable bonds is 8. The fourth-order valence-corrected chi connectivity index (χ4v) is 3.14. The van der Waals surface area contributed by atoms with E-state index in [4.69, 9.17) is 9.47 Å². The van der Waals surface area contributed by atoms with Gasteiger partial charge in [-0.1, -0.05) is 38.1 Å². The van der Waals surface area contributed by atoms with Crippen molar-refractivity contribution in [2.45, 2.75) is 33.3 Å². The Morgan fingerprint density at radius 2 is 1.77 bits per heavy atom. The number of halogens is 1. The molecule has 0 aliphatic carbocycles. The van der Waals surface area contributed by atoms with Crippen LogP contribution in [0.1, 0.15) is 48.2 Å². The number of ether oxygens (including phenoxy) is 2. The first kappa shape index (κ1) is 21.4. The molecular formula is C25H26FNO3. The molecule has 30 heavy (non-hydrogen) atoms. The summed E-state index contributed by atoms with van der Waals surface area (Å²) in [5.74, 6) is 1.08. The van der Waals surface area contributed by atoms with E-state index in [1.54, 1.807) is 30.3 Å². The Labute approximate surface area is 176 Å². The van der Waals surface area contributed by atoms with Gasteiger partial charge in [0, 0.05) is 16.8 Å². The Hall–Kier alpha value is -3.34. The van der Waals surface area contributed by atoms with E-state index < -0.39 is 5.82 Å². The van der Waals surface area contributed by atoms with Gasteiger partial charge in [-0.2, -0.15) is 0 Å². The van der Waals surface area contributed by atoms with Crippen LogP contribution in [0.15, 0.2) is 66.7 Å². The first-order chi connectivity index (χ1) is 14.5. The Bertz CT molecular complexity index is 1020. The van der Waals surface area contributed by atoms with Gasteiger partial charge in [0.15, 0.2) is 0 Å². The molecule has 1 N–H and O–H groups in total. The van der Waals surface area contributed by atoms with Crippen molar-refractivity contribution in [3.05, 3.63) is 89.2 Å². The lowest BCUT2D eigenvalue weighted by molar-refractivity contribution is 0.102. The van der Waals surface area contributed by atoms with Crippen molar-refractivity contribution >= 4 is 11.6 Å². The molecule has 0 radical (unpaired) electrons. The lowest BCUT2D eigenvalue weighted by atomic mass is 10.0. The van der Waals surface area contributed by atoms with E-state index in [-0.39, 0.29) is 12.5 Å². The molecule has 0 heterocycles. The molecule has 0 atom stereocenters. The van der Waals surface area contributed by atoms with E-state index in [9.17, 15) is 9.18 Å². The van der Waals surface area contributed by atoms with Crippen LogP contribution in [-0.4, -0.2) is 12.5 Å².